The zero-order valence-electron chi connectivity index (χ0n) is 38.2. The molecule has 322 valence electrons. The highest BCUT2D eigenvalue weighted by Gasteiger charge is 2.13. The van der Waals surface area contributed by atoms with Gasteiger partial charge in [-0.05, 0) is 37.5 Å². The van der Waals surface area contributed by atoms with E-state index < -0.39 is 0 Å². The molecule has 0 saturated heterocycles. The first-order chi connectivity index (χ1) is 26.4. The summed E-state index contributed by atoms with van der Waals surface area (Å²) in [5.74, 6) is 2.13. The van der Waals surface area contributed by atoms with Crippen LogP contribution >= 0.6 is 0 Å². The molecule has 0 saturated carbocycles. The fraction of sp³-hybridized carbons (Fsp3) is 0.942. The number of carbonyl (C=O) groups is 1. The van der Waals surface area contributed by atoms with E-state index >= 15 is 0 Å². The molecule has 0 aliphatic rings. The van der Waals surface area contributed by atoms with Gasteiger partial charge in [-0.15, -0.1) is 0 Å². The van der Waals surface area contributed by atoms with Gasteiger partial charge in [0, 0.05) is 5.57 Å². The number of ether oxygens (including phenoxy) is 1. The molecule has 0 rings (SSSR count). The van der Waals surface area contributed by atoms with E-state index in [0.29, 0.717) is 18.1 Å². The Hall–Kier alpha value is -0.790. The number of rotatable bonds is 45. The SMILES string of the molecule is C=C(C)C(=O)OCC(CCCCCCCCCCC(C)CCCCCCCCCCCC)CCCCCCCCC(C)CCCCCCCCCCCC. The van der Waals surface area contributed by atoms with Crippen LogP contribution in [0.4, 0.5) is 0 Å². The zero-order chi connectivity index (χ0) is 39.6. The van der Waals surface area contributed by atoms with Gasteiger partial charge in [0.1, 0.15) is 0 Å². The number of hydrogen-bond donors (Lipinski definition) is 0. The van der Waals surface area contributed by atoms with Crippen LogP contribution in [0.1, 0.15) is 291 Å². The number of esters is 1. The summed E-state index contributed by atoms with van der Waals surface area (Å²) in [7, 11) is 0. The Balaban J connectivity index is 3.80. The van der Waals surface area contributed by atoms with Crippen molar-refractivity contribution >= 4 is 5.97 Å². The van der Waals surface area contributed by atoms with Gasteiger partial charge < -0.3 is 4.74 Å². The normalized spacial score (nSPS) is 13.3. The Morgan fingerprint density at radius 3 is 0.852 bits per heavy atom. The minimum Gasteiger partial charge on any atom is -0.462 e. The topological polar surface area (TPSA) is 26.3 Å². The molecule has 0 aliphatic carbocycles. The highest BCUT2D eigenvalue weighted by Crippen LogP contribution is 2.23. The van der Waals surface area contributed by atoms with Crippen LogP contribution in [0.3, 0.4) is 0 Å². The van der Waals surface area contributed by atoms with E-state index in [1.165, 1.54) is 257 Å². The van der Waals surface area contributed by atoms with E-state index in [2.05, 4.69) is 34.3 Å². The lowest BCUT2D eigenvalue weighted by Crippen LogP contribution is -2.15. The Bertz CT molecular complexity index is 757. The molecule has 0 fully saturated rings. The van der Waals surface area contributed by atoms with Crippen molar-refractivity contribution in [1.82, 2.24) is 0 Å². The predicted octanol–water partition coefficient (Wildman–Crippen LogP) is 18.6. The van der Waals surface area contributed by atoms with E-state index in [9.17, 15) is 4.79 Å². The average molecular weight is 759 g/mol. The molecule has 0 aliphatic heterocycles. The van der Waals surface area contributed by atoms with Crippen LogP contribution in [0.2, 0.25) is 0 Å². The molecule has 0 heterocycles. The van der Waals surface area contributed by atoms with Gasteiger partial charge in [-0.25, -0.2) is 4.79 Å². The van der Waals surface area contributed by atoms with Gasteiger partial charge in [0.05, 0.1) is 6.61 Å². The highest BCUT2D eigenvalue weighted by atomic mass is 16.5. The van der Waals surface area contributed by atoms with Crippen molar-refractivity contribution in [2.75, 3.05) is 6.61 Å². The minimum atomic E-state index is -0.212. The maximum atomic E-state index is 12.1. The molecular formula is C52H102O2. The molecule has 0 spiro atoms. The maximum Gasteiger partial charge on any atom is 0.333 e. The zero-order valence-corrected chi connectivity index (χ0v) is 38.2. The summed E-state index contributed by atoms with van der Waals surface area (Å²) in [6.07, 6.45) is 56.3. The smallest absolute Gasteiger partial charge is 0.333 e. The summed E-state index contributed by atoms with van der Waals surface area (Å²) in [5, 5.41) is 0. The molecule has 0 bridgehead atoms. The van der Waals surface area contributed by atoms with Crippen LogP contribution < -0.4 is 0 Å². The van der Waals surface area contributed by atoms with Crippen molar-refractivity contribution in [2.24, 2.45) is 17.8 Å². The largest absolute Gasteiger partial charge is 0.462 e. The maximum absolute atomic E-state index is 12.1. The monoisotopic (exact) mass is 759 g/mol. The summed E-state index contributed by atoms with van der Waals surface area (Å²) < 4.78 is 5.63. The standard InChI is InChI=1S/C52H102O2/c1-7-9-11-13-15-17-19-23-29-35-41-49(5)43-37-31-25-21-22-26-33-39-45-51(47-54-52(53)48(3)4)46-40-34-28-27-32-38-44-50(6)42-36-30-24-20-18-16-14-12-10-8-2/h49-51H,3,7-47H2,1-2,4-6H3. The molecule has 0 N–H and O–H groups in total. The highest BCUT2D eigenvalue weighted by molar-refractivity contribution is 5.86. The number of unbranched alkanes of at least 4 members (excludes halogenated alkanes) is 30. The Labute approximate surface area is 342 Å². The van der Waals surface area contributed by atoms with Crippen LogP contribution in [0, 0.1) is 17.8 Å². The molecule has 2 heteroatoms. The van der Waals surface area contributed by atoms with Crippen molar-refractivity contribution < 1.29 is 9.53 Å². The van der Waals surface area contributed by atoms with Crippen LogP contribution in [0.5, 0.6) is 0 Å². The van der Waals surface area contributed by atoms with Crippen LogP contribution in [-0.2, 0) is 9.53 Å². The predicted molar refractivity (Wildman–Crippen MR) is 244 cm³/mol. The third-order valence-electron chi connectivity index (χ3n) is 12.5. The average Bonchev–Trinajstić information content (AvgIpc) is 3.16. The van der Waals surface area contributed by atoms with Crippen molar-refractivity contribution in [3.8, 4) is 0 Å². The van der Waals surface area contributed by atoms with Crippen molar-refractivity contribution in [2.45, 2.75) is 291 Å². The van der Waals surface area contributed by atoms with E-state index in [4.69, 9.17) is 4.74 Å². The molecule has 2 nitrogen and oxygen atoms in total. The third-order valence-corrected chi connectivity index (χ3v) is 12.5. The Morgan fingerprint density at radius 1 is 0.389 bits per heavy atom. The first-order valence-corrected chi connectivity index (χ1v) is 25.2. The lowest BCUT2D eigenvalue weighted by Gasteiger charge is -2.17. The van der Waals surface area contributed by atoms with E-state index in [1.807, 2.05) is 0 Å². The minimum absolute atomic E-state index is 0.212. The molecule has 3 unspecified atom stereocenters. The van der Waals surface area contributed by atoms with Crippen LogP contribution in [-0.4, -0.2) is 12.6 Å². The molecular weight excluding hydrogens is 657 g/mol. The molecule has 3 atom stereocenters. The van der Waals surface area contributed by atoms with E-state index in [-0.39, 0.29) is 5.97 Å². The van der Waals surface area contributed by atoms with Gasteiger partial charge in [0.25, 0.3) is 0 Å². The first-order valence-electron chi connectivity index (χ1n) is 25.2. The van der Waals surface area contributed by atoms with Gasteiger partial charge in [0.2, 0.25) is 0 Å². The van der Waals surface area contributed by atoms with Gasteiger partial charge in [-0.2, -0.15) is 0 Å². The molecule has 0 aromatic rings. The first kappa shape index (κ1) is 53.2. The van der Waals surface area contributed by atoms with Crippen LogP contribution in [0.15, 0.2) is 12.2 Å². The fourth-order valence-corrected chi connectivity index (χ4v) is 8.50. The second-order valence-corrected chi connectivity index (χ2v) is 18.5. The molecule has 0 radical (unpaired) electrons. The van der Waals surface area contributed by atoms with Crippen molar-refractivity contribution in [3.63, 3.8) is 0 Å². The quantitative estimate of drug-likeness (QED) is 0.0351. The third kappa shape index (κ3) is 40.9. The van der Waals surface area contributed by atoms with E-state index in [1.54, 1.807) is 6.92 Å². The Morgan fingerprint density at radius 2 is 0.611 bits per heavy atom. The van der Waals surface area contributed by atoms with Gasteiger partial charge in [-0.3, -0.25) is 0 Å². The second kappa shape index (κ2) is 43.3. The Kier molecular flexibility index (Phi) is 42.7. The molecule has 0 amide bonds. The van der Waals surface area contributed by atoms with Crippen molar-refractivity contribution in [3.05, 3.63) is 12.2 Å². The van der Waals surface area contributed by atoms with Gasteiger partial charge in [0.15, 0.2) is 0 Å². The summed E-state index contributed by atoms with van der Waals surface area (Å²) >= 11 is 0. The summed E-state index contributed by atoms with van der Waals surface area (Å²) in [6, 6.07) is 0. The lowest BCUT2D eigenvalue weighted by molar-refractivity contribution is -0.140. The lowest BCUT2D eigenvalue weighted by atomic mass is 9.94. The molecule has 54 heavy (non-hydrogen) atoms. The summed E-state index contributed by atoms with van der Waals surface area (Å²) in [6.45, 7) is 15.7. The number of carbonyl (C=O) groups excluding carboxylic acids is 1. The molecule has 0 aromatic carbocycles. The van der Waals surface area contributed by atoms with Gasteiger partial charge in [-0.1, -0.05) is 278 Å². The second-order valence-electron chi connectivity index (χ2n) is 18.5. The summed E-state index contributed by atoms with van der Waals surface area (Å²) in [5.41, 5.74) is 0.523. The van der Waals surface area contributed by atoms with Gasteiger partial charge >= 0.3 is 5.97 Å². The summed E-state index contributed by atoms with van der Waals surface area (Å²) in [4.78, 5) is 12.1. The van der Waals surface area contributed by atoms with Crippen LogP contribution in [0.25, 0.3) is 0 Å². The number of hydrogen-bond acceptors (Lipinski definition) is 2. The van der Waals surface area contributed by atoms with Crippen molar-refractivity contribution in [1.29, 1.82) is 0 Å². The fourth-order valence-electron chi connectivity index (χ4n) is 8.50. The molecule has 0 aromatic heterocycles. The van der Waals surface area contributed by atoms with E-state index in [0.717, 1.165) is 11.8 Å².